The predicted octanol–water partition coefficient (Wildman–Crippen LogP) is 4.46. The highest BCUT2D eigenvalue weighted by atomic mass is 35.5. The van der Waals surface area contributed by atoms with Gasteiger partial charge < -0.3 is 23.4 Å². The standard InChI is InChI=1S/C23H21ClO7/c1-27-18-11-20(28-2)21(30-13-7-12(8-13)23(26)29-3)9-15(18)19-10-17(25)14-5-4-6-16(24)22(14)31-19/h4-6,9-13H,7-8H2,1-3H3. The van der Waals surface area contributed by atoms with Gasteiger partial charge in [-0.05, 0) is 31.0 Å². The Morgan fingerprint density at radius 3 is 2.45 bits per heavy atom. The molecule has 8 heteroatoms. The second kappa shape index (κ2) is 8.51. The molecular weight excluding hydrogens is 424 g/mol. The second-order valence-corrected chi connectivity index (χ2v) is 7.63. The Kier molecular flexibility index (Phi) is 5.78. The summed E-state index contributed by atoms with van der Waals surface area (Å²) in [4.78, 5) is 24.3. The highest BCUT2D eigenvalue weighted by Crippen LogP contribution is 2.43. The molecule has 0 amide bonds. The topological polar surface area (TPSA) is 84.2 Å². The molecule has 0 spiro atoms. The lowest BCUT2D eigenvalue weighted by atomic mass is 9.82. The van der Waals surface area contributed by atoms with Crippen LogP contribution in [0.1, 0.15) is 12.8 Å². The van der Waals surface area contributed by atoms with E-state index in [4.69, 9.17) is 35.0 Å². The van der Waals surface area contributed by atoms with Gasteiger partial charge in [-0.25, -0.2) is 0 Å². The van der Waals surface area contributed by atoms with Crippen LogP contribution in [0.5, 0.6) is 17.2 Å². The van der Waals surface area contributed by atoms with E-state index in [1.54, 1.807) is 30.3 Å². The Balaban J connectivity index is 1.74. The number of methoxy groups -OCH3 is 3. The Bertz CT molecular complexity index is 1190. The monoisotopic (exact) mass is 444 g/mol. The summed E-state index contributed by atoms with van der Waals surface area (Å²) >= 11 is 6.24. The molecule has 1 aromatic heterocycles. The largest absolute Gasteiger partial charge is 0.496 e. The summed E-state index contributed by atoms with van der Waals surface area (Å²) < 4.78 is 27.8. The van der Waals surface area contributed by atoms with Gasteiger partial charge in [0.05, 0.1) is 43.2 Å². The zero-order valence-corrected chi connectivity index (χ0v) is 18.0. The Morgan fingerprint density at radius 1 is 1.03 bits per heavy atom. The lowest BCUT2D eigenvalue weighted by Gasteiger charge is -2.33. The zero-order valence-electron chi connectivity index (χ0n) is 17.3. The van der Waals surface area contributed by atoms with Crippen molar-refractivity contribution in [2.75, 3.05) is 21.3 Å². The summed E-state index contributed by atoms with van der Waals surface area (Å²) in [5, 5.41) is 0.729. The first kappa shape index (κ1) is 21.1. The summed E-state index contributed by atoms with van der Waals surface area (Å²) in [7, 11) is 4.41. The van der Waals surface area contributed by atoms with Crippen LogP contribution in [-0.2, 0) is 9.53 Å². The summed E-state index contributed by atoms with van der Waals surface area (Å²) in [6, 6.07) is 9.77. The van der Waals surface area contributed by atoms with Gasteiger partial charge in [-0.2, -0.15) is 0 Å². The van der Waals surface area contributed by atoms with Gasteiger partial charge in [0.1, 0.15) is 17.6 Å². The predicted molar refractivity (Wildman–Crippen MR) is 115 cm³/mol. The minimum atomic E-state index is -0.239. The third-order valence-electron chi connectivity index (χ3n) is 5.38. The molecule has 0 N–H and O–H groups in total. The maximum atomic E-state index is 12.6. The lowest BCUT2D eigenvalue weighted by molar-refractivity contribution is -0.151. The number of para-hydroxylation sites is 1. The molecule has 0 radical (unpaired) electrons. The number of hydrogen-bond donors (Lipinski definition) is 0. The van der Waals surface area contributed by atoms with Gasteiger partial charge in [0.15, 0.2) is 22.5 Å². The average molecular weight is 445 g/mol. The van der Waals surface area contributed by atoms with E-state index < -0.39 is 0 Å². The minimum Gasteiger partial charge on any atom is -0.496 e. The molecule has 162 valence electrons. The number of carbonyl (C=O) groups is 1. The average Bonchev–Trinajstić information content (AvgIpc) is 2.75. The zero-order chi connectivity index (χ0) is 22.1. The van der Waals surface area contributed by atoms with Crippen LogP contribution in [0.2, 0.25) is 5.02 Å². The number of benzene rings is 2. The van der Waals surface area contributed by atoms with E-state index in [-0.39, 0.29) is 29.2 Å². The van der Waals surface area contributed by atoms with Crippen molar-refractivity contribution in [1.82, 2.24) is 0 Å². The molecule has 2 aromatic carbocycles. The van der Waals surface area contributed by atoms with E-state index in [0.29, 0.717) is 51.6 Å². The van der Waals surface area contributed by atoms with Gasteiger partial charge in [-0.1, -0.05) is 17.7 Å². The van der Waals surface area contributed by atoms with E-state index in [1.807, 2.05) is 0 Å². The lowest BCUT2D eigenvalue weighted by Crippen LogP contribution is -2.38. The first-order chi connectivity index (χ1) is 14.9. The number of rotatable bonds is 6. The first-order valence-electron chi connectivity index (χ1n) is 9.68. The van der Waals surface area contributed by atoms with Crippen molar-refractivity contribution in [2.24, 2.45) is 5.92 Å². The fourth-order valence-electron chi connectivity index (χ4n) is 3.63. The van der Waals surface area contributed by atoms with Gasteiger partial charge in [-0.15, -0.1) is 0 Å². The van der Waals surface area contributed by atoms with Crippen molar-refractivity contribution in [3.05, 3.63) is 51.6 Å². The van der Waals surface area contributed by atoms with Crippen LogP contribution in [0, 0.1) is 5.92 Å². The SMILES string of the molecule is COC(=O)C1CC(Oc2cc(-c3cc(=O)c4cccc(Cl)c4o3)c(OC)cc2OC)C1. The molecule has 31 heavy (non-hydrogen) atoms. The number of fused-ring (bicyclic) bond motifs is 1. The van der Waals surface area contributed by atoms with Crippen molar-refractivity contribution in [3.8, 4) is 28.6 Å². The molecule has 1 heterocycles. The first-order valence-corrected chi connectivity index (χ1v) is 10.1. The van der Waals surface area contributed by atoms with Crippen LogP contribution in [-0.4, -0.2) is 33.4 Å². The molecule has 3 aromatic rings. The van der Waals surface area contributed by atoms with E-state index in [1.165, 1.54) is 27.4 Å². The Labute approximate surface area is 183 Å². The van der Waals surface area contributed by atoms with E-state index >= 15 is 0 Å². The highest BCUT2D eigenvalue weighted by molar-refractivity contribution is 6.34. The molecular formula is C23H21ClO7. The second-order valence-electron chi connectivity index (χ2n) is 7.23. The maximum Gasteiger partial charge on any atom is 0.308 e. The summed E-state index contributed by atoms with van der Waals surface area (Å²) in [5.74, 6) is 1.24. The van der Waals surface area contributed by atoms with Gasteiger partial charge in [0.2, 0.25) is 0 Å². The van der Waals surface area contributed by atoms with E-state index in [9.17, 15) is 9.59 Å². The minimum absolute atomic E-state index is 0.155. The van der Waals surface area contributed by atoms with Crippen molar-refractivity contribution in [3.63, 3.8) is 0 Å². The van der Waals surface area contributed by atoms with Crippen molar-refractivity contribution in [2.45, 2.75) is 18.9 Å². The summed E-state index contributed by atoms with van der Waals surface area (Å²) in [6.45, 7) is 0. The molecule has 0 bridgehead atoms. The molecule has 0 aliphatic heterocycles. The van der Waals surface area contributed by atoms with Crippen LogP contribution < -0.4 is 19.6 Å². The molecule has 4 rings (SSSR count). The van der Waals surface area contributed by atoms with Crippen molar-refractivity contribution in [1.29, 1.82) is 0 Å². The Hall–Kier alpha value is -3.19. The van der Waals surface area contributed by atoms with Crippen LogP contribution in [0.15, 0.2) is 45.6 Å². The van der Waals surface area contributed by atoms with Gasteiger partial charge >= 0.3 is 5.97 Å². The summed E-state index contributed by atoms with van der Waals surface area (Å²) in [5.41, 5.74) is 0.590. The third kappa shape index (κ3) is 3.93. The summed E-state index contributed by atoms with van der Waals surface area (Å²) in [6.07, 6.45) is 0.952. The van der Waals surface area contributed by atoms with Crippen LogP contribution >= 0.6 is 11.6 Å². The maximum absolute atomic E-state index is 12.6. The molecule has 0 atom stereocenters. The number of halogens is 1. The Morgan fingerprint density at radius 2 is 1.77 bits per heavy atom. The van der Waals surface area contributed by atoms with Crippen LogP contribution in [0.25, 0.3) is 22.3 Å². The van der Waals surface area contributed by atoms with E-state index in [0.717, 1.165) is 0 Å². The number of esters is 1. The third-order valence-corrected chi connectivity index (χ3v) is 5.68. The number of carbonyl (C=O) groups excluding carboxylic acids is 1. The molecule has 7 nitrogen and oxygen atoms in total. The van der Waals surface area contributed by atoms with Gasteiger partial charge in [0, 0.05) is 12.1 Å². The van der Waals surface area contributed by atoms with Crippen molar-refractivity contribution >= 4 is 28.5 Å². The van der Waals surface area contributed by atoms with Gasteiger partial charge in [-0.3, -0.25) is 9.59 Å². The molecule has 1 aliphatic carbocycles. The van der Waals surface area contributed by atoms with Crippen LogP contribution in [0.3, 0.4) is 0 Å². The molecule has 1 saturated carbocycles. The smallest absolute Gasteiger partial charge is 0.308 e. The number of ether oxygens (including phenoxy) is 4. The molecule has 0 unspecified atom stereocenters. The quantitative estimate of drug-likeness (QED) is 0.519. The van der Waals surface area contributed by atoms with E-state index in [2.05, 4.69) is 0 Å². The molecule has 1 fully saturated rings. The van der Waals surface area contributed by atoms with Crippen molar-refractivity contribution < 1.29 is 28.2 Å². The molecule has 1 aliphatic rings. The normalized spacial score (nSPS) is 17.7. The highest BCUT2D eigenvalue weighted by Gasteiger charge is 2.37. The fourth-order valence-corrected chi connectivity index (χ4v) is 3.84. The van der Waals surface area contributed by atoms with Crippen LogP contribution in [0.4, 0.5) is 0 Å². The number of hydrogen-bond acceptors (Lipinski definition) is 7. The molecule has 0 saturated heterocycles. The van der Waals surface area contributed by atoms with Gasteiger partial charge in [0.25, 0.3) is 0 Å². The fraction of sp³-hybridized carbons (Fsp3) is 0.304.